The third-order valence-corrected chi connectivity index (χ3v) is 4.15. The molecule has 0 amide bonds. The van der Waals surface area contributed by atoms with Crippen molar-refractivity contribution in [3.8, 4) is 0 Å². The fourth-order valence-electron chi connectivity index (χ4n) is 3.08. The first-order valence-electron chi connectivity index (χ1n) is 8.07. The molecule has 1 N–H and O–H groups in total. The topological polar surface area (TPSA) is 28.4 Å². The Morgan fingerprint density at radius 2 is 2.05 bits per heavy atom. The summed E-state index contributed by atoms with van der Waals surface area (Å²) in [5.41, 5.74) is 2.33. The van der Waals surface area contributed by atoms with Gasteiger partial charge in [0, 0.05) is 30.1 Å². The first kappa shape index (κ1) is 14.6. The van der Waals surface area contributed by atoms with Crippen molar-refractivity contribution in [3.05, 3.63) is 35.6 Å². The van der Waals surface area contributed by atoms with Gasteiger partial charge in [-0.25, -0.2) is 0 Å². The predicted molar refractivity (Wildman–Crippen MR) is 87.2 cm³/mol. The van der Waals surface area contributed by atoms with Crippen LogP contribution in [0.5, 0.6) is 0 Å². The Bertz CT molecular complexity index is 598. The van der Waals surface area contributed by atoms with Gasteiger partial charge in [-0.05, 0) is 31.9 Å². The molecule has 1 saturated carbocycles. The van der Waals surface area contributed by atoms with Crippen LogP contribution in [0.4, 0.5) is 0 Å². The monoisotopic (exact) mass is 286 g/mol. The highest BCUT2D eigenvalue weighted by molar-refractivity contribution is 5.82. The van der Waals surface area contributed by atoms with Crippen LogP contribution in [-0.4, -0.2) is 24.5 Å². The number of rotatable bonds is 7. The van der Waals surface area contributed by atoms with Crippen molar-refractivity contribution in [2.75, 3.05) is 13.6 Å². The minimum absolute atomic E-state index is 0.697. The predicted octanol–water partition coefficient (Wildman–Crippen LogP) is 3.77. The molecule has 1 aromatic heterocycles. The number of benzene rings is 1. The molecule has 0 radical (unpaired) electrons. The first-order valence-corrected chi connectivity index (χ1v) is 8.07. The van der Waals surface area contributed by atoms with Gasteiger partial charge in [0.2, 0.25) is 0 Å². The highest BCUT2D eigenvalue weighted by atomic mass is 16.3. The highest BCUT2D eigenvalue weighted by Gasteiger charge is 2.30. The van der Waals surface area contributed by atoms with Crippen LogP contribution >= 0.6 is 0 Å². The maximum absolute atomic E-state index is 6.16. The quantitative estimate of drug-likeness (QED) is 0.840. The molecule has 0 saturated heterocycles. The van der Waals surface area contributed by atoms with Gasteiger partial charge in [0.15, 0.2) is 0 Å². The molecule has 21 heavy (non-hydrogen) atoms. The zero-order chi connectivity index (χ0) is 14.8. The minimum Gasteiger partial charge on any atom is -0.459 e. The number of hydrogen-bond acceptors (Lipinski definition) is 3. The summed E-state index contributed by atoms with van der Waals surface area (Å²) in [6, 6.07) is 9.14. The zero-order valence-corrected chi connectivity index (χ0v) is 13.4. The molecular weight excluding hydrogens is 260 g/mol. The number of para-hydroxylation sites is 1. The van der Waals surface area contributed by atoms with Crippen molar-refractivity contribution in [2.24, 2.45) is 5.92 Å². The number of fused-ring (bicyclic) bond motifs is 1. The Morgan fingerprint density at radius 1 is 1.29 bits per heavy atom. The summed E-state index contributed by atoms with van der Waals surface area (Å²) >= 11 is 0. The zero-order valence-electron chi connectivity index (χ0n) is 13.4. The summed E-state index contributed by atoms with van der Waals surface area (Å²) in [7, 11) is 2.00. The van der Waals surface area contributed by atoms with Gasteiger partial charge in [0.05, 0.1) is 6.54 Å². The van der Waals surface area contributed by atoms with Gasteiger partial charge in [-0.1, -0.05) is 32.0 Å². The van der Waals surface area contributed by atoms with E-state index in [-0.39, 0.29) is 0 Å². The first-order chi connectivity index (χ1) is 10.2. The van der Waals surface area contributed by atoms with Crippen LogP contribution in [0.1, 0.15) is 38.0 Å². The Labute approximate surface area is 127 Å². The van der Waals surface area contributed by atoms with Gasteiger partial charge in [0.25, 0.3) is 0 Å². The second-order valence-corrected chi connectivity index (χ2v) is 6.58. The van der Waals surface area contributed by atoms with Gasteiger partial charge in [-0.15, -0.1) is 0 Å². The number of nitrogens with zero attached hydrogens (tertiary/aromatic N) is 1. The molecule has 2 aromatic rings. The number of nitrogens with one attached hydrogen (secondary N) is 1. The van der Waals surface area contributed by atoms with E-state index in [4.69, 9.17) is 4.42 Å². The summed E-state index contributed by atoms with van der Waals surface area (Å²) in [4.78, 5) is 2.60. The van der Waals surface area contributed by atoms with Crippen LogP contribution in [0.25, 0.3) is 11.0 Å². The Balaban J connectivity index is 1.89. The normalized spacial score (nSPS) is 15.5. The highest BCUT2D eigenvalue weighted by Crippen LogP contribution is 2.32. The molecule has 114 valence electrons. The maximum atomic E-state index is 6.16. The van der Waals surface area contributed by atoms with Crippen molar-refractivity contribution in [3.63, 3.8) is 0 Å². The van der Waals surface area contributed by atoms with Crippen LogP contribution in [0.2, 0.25) is 0 Å². The smallest absolute Gasteiger partial charge is 0.134 e. The van der Waals surface area contributed by atoms with E-state index in [1.165, 1.54) is 23.8 Å². The van der Waals surface area contributed by atoms with Gasteiger partial charge in [0.1, 0.15) is 11.3 Å². The summed E-state index contributed by atoms with van der Waals surface area (Å²) < 4.78 is 6.16. The van der Waals surface area contributed by atoms with Crippen LogP contribution < -0.4 is 5.32 Å². The second-order valence-electron chi connectivity index (χ2n) is 6.58. The molecule has 3 rings (SSSR count). The van der Waals surface area contributed by atoms with Crippen molar-refractivity contribution >= 4 is 11.0 Å². The molecule has 1 aliphatic rings. The maximum Gasteiger partial charge on any atom is 0.134 e. The minimum atomic E-state index is 0.697. The Morgan fingerprint density at radius 3 is 2.71 bits per heavy atom. The average Bonchev–Trinajstić information content (AvgIpc) is 3.24. The summed E-state index contributed by atoms with van der Waals surface area (Å²) in [6.07, 6.45) is 2.68. The Hall–Kier alpha value is -1.32. The average molecular weight is 286 g/mol. The molecule has 1 aromatic carbocycles. The van der Waals surface area contributed by atoms with Gasteiger partial charge < -0.3 is 9.73 Å². The summed E-state index contributed by atoms with van der Waals surface area (Å²) in [5, 5.41) is 4.53. The molecule has 0 atom stereocenters. The van der Waals surface area contributed by atoms with E-state index in [0.29, 0.717) is 5.92 Å². The van der Waals surface area contributed by atoms with E-state index in [1.54, 1.807) is 0 Å². The van der Waals surface area contributed by atoms with Crippen LogP contribution in [0.15, 0.2) is 28.7 Å². The van der Waals surface area contributed by atoms with Crippen molar-refractivity contribution < 1.29 is 4.42 Å². The van der Waals surface area contributed by atoms with E-state index >= 15 is 0 Å². The lowest BCUT2D eigenvalue weighted by molar-refractivity contribution is 0.210. The van der Waals surface area contributed by atoms with Crippen LogP contribution in [0, 0.1) is 5.92 Å². The summed E-state index contributed by atoms with van der Waals surface area (Å²) in [5.74, 6) is 1.83. The molecule has 0 spiro atoms. The van der Waals surface area contributed by atoms with E-state index in [1.807, 2.05) is 13.1 Å². The van der Waals surface area contributed by atoms with Crippen LogP contribution in [-0.2, 0) is 13.1 Å². The fourth-order valence-corrected chi connectivity index (χ4v) is 3.08. The number of furan rings is 1. The van der Waals surface area contributed by atoms with E-state index < -0.39 is 0 Å². The van der Waals surface area contributed by atoms with Crippen molar-refractivity contribution in [1.82, 2.24) is 10.2 Å². The second kappa shape index (κ2) is 6.20. The molecule has 3 heteroatoms. The third kappa shape index (κ3) is 3.30. The molecule has 1 aliphatic carbocycles. The largest absolute Gasteiger partial charge is 0.459 e. The molecular formula is C18H26N2O. The van der Waals surface area contributed by atoms with Gasteiger partial charge >= 0.3 is 0 Å². The lowest BCUT2D eigenvalue weighted by atomic mass is 10.1. The number of hydrogen-bond donors (Lipinski definition) is 1. The molecule has 0 unspecified atom stereocenters. The van der Waals surface area contributed by atoms with Crippen molar-refractivity contribution in [2.45, 2.75) is 45.8 Å². The lowest BCUT2D eigenvalue weighted by Gasteiger charge is -2.23. The fraction of sp³-hybridized carbons (Fsp3) is 0.556. The van der Waals surface area contributed by atoms with Crippen LogP contribution in [0.3, 0.4) is 0 Å². The molecule has 1 fully saturated rings. The van der Waals surface area contributed by atoms with Crippen molar-refractivity contribution in [1.29, 1.82) is 0 Å². The molecule has 0 bridgehead atoms. The lowest BCUT2D eigenvalue weighted by Crippen LogP contribution is -2.29. The van der Waals surface area contributed by atoms with E-state index in [9.17, 15) is 0 Å². The molecule has 1 heterocycles. The SMILES string of the molecule is CNCc1c(CN(CC(C)C)C2CC2)oc2ccccc12. The van der Waals surface area contributed by atoms with Gasteiger partial charge in [-0.3, -0.25) is 4.90 Å². The standard InChI is InChI=1S/C18H26N2O/c1-13(2)11-20(14-8-9-14)12-18-16(10-19-3)15-6-4-5-7-17(15)21-18/h4-7,13-14,19H,8-12H2,1-3H3. The molecule has 0 aliphatic heterocycles. The third-order valence-electron chi connectivity index (χ3n) is 4.15. The Kier molecular flexibility index (Phi) is 4.32. The van der Waals surface area contributed by atoms with E-state index in [0.717, 1.165) is 37.0 Å². The van der Waals surface area contributed by atoms with E-state index in [2.05, 4.69) is 42.3 Å². The summed E-state index contributed by atoms with van der Waals surface area (Å²) in [6.45, 7) is 7.55. The molecule has 3 nitrogen and oxygen atoms in total. The van der Waals surface area contributed by atoms with Gasteiger partial charge in [-0.2, -0.15) is 0 Å².